The summed E-state index contributed by atoms with van der Waals surface area (Å²) in [5.41, 5.74) is 19.8. The molecule has 0 N–H and O–H groups in total. The van der Waals surface area contributed by atoms with Gasteiger partial charge in [0.1, 0.15) is 22.3 Å². The van der Waals surface area contributed by atoms with Crippen LogP contribution in [0.2, 0.25) is 0 Å². The molecule has 470 valence electrons. The van der Waals surface area contributed by atoms with Crippen LogP contribution in [0.1, 0.15) is 0 Å². The molecule has 0 aliphatic carbocycles. The number of hydrogen-bond donors (Lipinski definition) is 0. The van der Waals surface area contributed by atoms with Gasteiger partial charge in [-0.1, -0.05) is 303 Å². The normalized spacial score (nSPS) is 12.1. The second-order valence-electron chi connectivity index (χ2n) is 27.5. The fraction of sp³-hybridized carbons (Fsp3) is 0. The van der Waals surface area contributed by atoms with Crippen LogP contribution in [-0.4, -0.2) is 0 Å². The summed E-state index contributed by atoms with van der Waals surface area (Å²) in [6.07, 6.45) is 0. The number of benzene rings is 20. The SMILES string of the molecule is c1ccc2c(-c3cccc4c3oc3cccc(-c5c6ccccc6c(-c6cc7ccc(-c8cc(-c9ccc(-c%10c%11ccccc%11c(-c%11cc%12ccccc%12c%12ccccc%11%12)c%11ccccc%10%11)c%10c9oc9ccccc9%10)c9ccccc9c8)cc7c7ccccc67)c6ccccc56)c34)cccc2c1. The second kappa shape index (κ2) is 22.1. The average molecular weight is 1290 g/mol. The maximum absolute atomic E-state index is 7.29. The smallest absolute Gasteiger partial charge is 0.143 e. The van der Waals surface area contributed by atoms with Gasteiger partial charge in [-0.3, -0.25) is 0 Å². The Balaban J connectivity index is 0.709. The topological polar surface area (TPSA) is 26.3 Å². The highest BCUT2D eigenvalue weighted by atomic mass is 16.3. The standard InChI is InChI=1S/C100H58O2/c1-4-28-65-59(24-1)27-21-44-69(65)81-45-22-47-86-97-84(46-23-49-92(97)102-99(81)86)93-73-35-11-15-39-77(73)96(78-40-16-12-36-74(78)93)90-57-63-51-50-60(55-87(63)70-32-8-10-34-72(70)90)64-54-61-25-2-6-30-67(61)88(58-64)82-52-53-85(98-83-43-19-20-48-91(83)101-100(82)98)94-75-37-13-17-41-79(75)95(80-42-18-14-38-76(80)94)89-56-62-26-3-5-29-66(62)68-31-7-9-33-71(68)89/h1-58H. The molecule has 22 aromatic rings. The van der Waals surface area contributed by atoms with Crippen LogP contribution in [0.25, 0.3) is 229 Å². The largest absolute Gasteiger partial charge is 0.455 e. The molecule has 102 heavy (non-hydrogen) atoms. The molecule has 0 aliphatic rings. The maximum Gasteiger partial charge on any atom is 0.143 e. The van der Waals surface area contributed by atoms with E-state index in [1.165, 1.54) is 136 Å². The maximum atomic E-state index is 7.29. The molecule has 0 saturated carbocycles. The molecule has 0 radical (unpaired) electrons. The first kappa shape index (κ1) is 56.6. The Hall–Kier alpha value is -13.4. The summed E-state index contributed by atoms with van der Waals surface area (Å²) in [5, 5.41) is 28.6. The van der Waals surface area contributed by atoms with Crippen molar-refractivity contribution in [1.82, 2.24) is 0 Å². The Morgan fingerprint density at radius 1 is 0.147 bits per heavy atom. The van der Waals surface area contributed by atoms with E-state index in [0.29, 0.717) is 0 Å². The zero-order chi connectivity index (χ0) is 66.7. The van der Waals surface area contributed by atoms with Gasteiger partial charge in [0.2, 0.25) is 0 Å². The minimum Gasteiger partial charge on any atom is -0.455 e. The van der Waals surface area contributed by atoms with Crippen LogP contribution in [0.4, 0.5) is 0 Å². The molecule has 0 atom stereocenters. The molecule has 20 aromatic carbocycles. The third-order valence-corrected chi connectivity index (χ3v) is 22.2. The van der Waals surface area contributed by atoms with Crippen molar-refractivity contribution in [3.05, 3.63) is 352 Å². The van der Waals surface area contributed by atoms with Gasteiger partial charge < -0.3 is 8.83 Å². The lowest BCUT2D eigenvalue weighted by molar-refractivity contribution is 0.670. The Kier molecular flexibility index (Phi) is 12.2. The van der Waals surface area contributed by atoms with Gasteiger partial charge in [0.05, 0.1) is 0 Å². The van der Waals surface area contributed by atoms with E-state index in [-0.39, 0.29) is 0 Å². The van der Waals surface area contributed by atoms with Crippen LogP contribution >= 0.6 is 0 Å². The van der Waals surface area contributed by atoms with E-state index in [4.69, 9.17) is 8.83 Å². The van der Waals surface area contributed by atoms with Crippen LogP contribution in [0.15, 0.2) is 361 Å². The zero-order valence-corrected chi connectivity index (χ0v) is 55.3. The van der Waals surface area contributed by atoms with Gasteiger partial charge >= 0.3 is 0 Å². The van der Waals surface area contributed by atoms with E-state index in [1.807, 2.05) is 0 Å². The fourth-order valence-corrected chi connectivity index (χ4v) is 17.8. The number of rotatable bonds is 7. The number of fused-ring (bicyclic) bond motifs is 18. The highest BCUT2D eigenvalue weighted by Gasteiger charge is 2.27. The van der Waals surface area contributed by atoms with Gasteiger partial charge in [-0.2, -0.15) is 0 Å². The first-order chi connectivity index (χ1) is 50.6. The van der Waals surface area contributed by atoms with Crippen molar-refractivity contribution in [3.8, 4) is 77.9 Å². The quantitative estimate of drug-likeness (QED) is 0.117. The van der Waals surface area contributed by atoms with Crippen LogP contribution < -0.4 is 0 Å². The summed E-state index contributed by atoms with van der Waals surface area (Å²) in [6.45, 7) is 0. The molecule has 0 fully saturated rings. The summed E-state index contributed by atoms with van der Waals surface area (Å²) in [7, 11) is 0. The zero-order valence-electron chi connectivity index (χ0n) is 55.3. The molecule has 0 bridgehead atoms. The van der Waals surface area contributed by atoms with Crippen molar-refractivity contribution in [2.24, 2.45) is 0 Å². The summed E-state index contributed by atoms with van der Waals surface area (Å²) in [5.74, 6) is 0. The predicted octanol–water partition coefficient (Wildman–Crippen LogP) is 28.7. The van der Waals surface area contributed by atoms with Crippen molar-refractivity contribution >= 4 is 152 Å². The molecule has 0 aliphatic heterocycles. The van der Waals surface area contributed by atoms with Gasteiger partial charge in [0, 0.05) is 32.7 Å². The van der Waals surface area contributed by atoms with E-state index in [2.05, 4.69) is 352 Å². The lowest BCUT2D eigenvalue weighted by Gasteiger charge is -2.20. The molecule has 2 heterocycles. The van der Waals surface area contributed by atoms with Crippen molar-refractivity contribution in [3.63, 3.8) is 0 Å². The molecule has 2 aromatic heterocycles. The molecule has 0 spiro atoms. The molecular weight excluding hydrogens is 1230 g/mol. The van der Waals surface area contributed by atoms with E-state index in [0.717, 1.165) is 93.8 Å². The van der Waals surface area contributed by atoms with E-state index < -0.39 is 0 Å². The van der Waals surface area contributed by atoms with Gasteiger partial charge in [-0.05, 0) is 223 Å². The molecular formula is C100H58O2. The van der Waals surface area contributed by atoms with E-state index in [9.17, 15) is 0 Å². The van der Waals surface area contributed by atoms with Crippen molar-refractivity contribution in [2.75, 3.05) is 0 Å². The summed E-state index contributed by atoms with van der Waals surface area (Å²) in [6, 6.07) is 130. The minimum atomic E-state index is 0.861. The van der Waals surface area contributed by atoms with Crippen molar-refractivity contribution in [2.45, 2.75) is 0 Å². The first-order valence-electron chi connectivity index (χ1n) is 35.3. The van der Waals surface area contributed by atoms with Crippen LogP contribution in [0.5, 0.6) is 0 Å². The average Bonchev–Trinajstić information content (AvgIpc) is 1.12. The minimum absolute atomic E-state index is 0.861. The number of para-hydroxylation sites is 2. The Bertz CT molecular complexity index is 7260. The molecule has 0 amide bonds. The predicted molar refractivity (Wildman–Crippen MR) is 434 cm³/mol. The van der Waals surface area contributed by atoms with Gasteiger partial charge in [0.15, 0.2) is 0 Å². The van der Waals surface area contributed by atoms with Gasteiger partial charge in [-0.25, -0.2) is 0 Å². The lowest BCUT2D eigenvalue weighted by atomic mass is 9.82. The summed E-state index contributed by atoms with van der Waals surface area (Å²) < 4.78 is 14.3. The third kappa shape index (κ3) is 8.29. The van der Waals surface area contributed by atoms with Crippen molar-refractivity contribution in [1.29, 1.82) is 0 Å². The fourth-order valence-electron chi connectivity index (χ4n) is 17.8. The highest BCUT2D eigenvalue weighted by molar-refractivity contribution is 6.32. The molecule has 0 saturated heterocycles. The van der Waals surface area contributed by atoms with Crippen LogP contribution in [0, 0.1) is 0 Å². The molecule has 22 rings (SSSR count). The summed E-state index contributed by atoms with van der Waals surface area (Å²) in [4.78, 5) is 0. The number of furan rings is 2. The van der Waals surface area contributed by atoms with Gasteiger partial charge in [0.25, 0.3) is 0 Å². The number of hydrogen-bond acceptors (Lipinski definition) is 2. The lowest BCUT2D eigenvalue weighted by Crippen LogP contribution is -1.93. The van der Waals surface area contributed by atoms with Crippen LogP contribution in [0.3, 0.4) is 0 Å². The molecule has 2 heteroatoms. The monoisotopic (exact) mass is 1290 g/mol. The van der Waals surface area contributed by atoms with E-state index >= 15 is 0 Å². The van der Waals surface area contributed by atoms with Gasteiger partial charge in [-0.15, -0.1) is 0 Å². The third-order valence-electron chi connectivity index (χ3n) is 22.2. The van der Waals surface area contributed by atoms with Crippen molar-refractivity contribution < 1.29 is 8.83 Å². The Morgan fingerprint density at radius 2 is 0.520 bits per heavy atom. The molecule has 0 unspecified atom stereocenters. The summed E-state index contributed by atoms with van der Waals surface area (Å²) >= 11 is 0. The van der Waals surface area contributed by atoms with Crippen LogP contribution in [-0.2, 0) is 0 Å². The second-order valence-corrected chi connectivity index (χ2v) is 27.5. The Morgan fingerprint density at radius 3 is 1.13 bits per heavy atom. The Labute approximate surface area is 586 Å². The van der Waals surface area contributed by atoms with E-state index in [1.54, 1.807) is 0 Å². The first-order valence-corrected chi connectivity index (χ1v) is 35.3. The highest BCUT2D eigenvalue weighted by Crippen LogP contribution is 2.54. The molecule has 2 nitrogen and oxygen atoms in total.